The van der Waals surface area contributed by atoms with Crippen molar-refractivity contribution in [3.8, 4) is 0 Å². The van der Waals surface area contributed by atoms with Gasteiger partial charge in [0.2, 0.25) is 5.91 Å². The second-order valence-corrected chi connectivity index (χ2v) is 8.95. The van der Waals surface area contributed by atoms with Crippen LogP contribution in [0, 0.1) is 0 Å². The van der Waals surface area contributed by atoms with E-state index in [9.17, 15) is 40.7 Å². The van der Waals surface area contributed by atoms with E-state index < -0.39 is 65.1 Å². The highest BCUT2D eigenvalue weighted by Gasteiger charge is 2.55. The van der Waals surface area contributed by atoms with Crippen molar-refractivity contribution in [3.05, 3.63) is 64.7 Å². The number of nitrogens with zero attached hydrogens (tertiary/aromatic N) is 1. The number of primary amides is 1. The van der Waals surface area contributed by atoms with E-state index in [2.05, 4.69) is 5.32 Å². The minimum atomic E-state index is -5.05. The average Bonchev–Trinajstić information content (AvgIpc) is 3.59. The molecular formula is C24H21F6N3O4. The molecule has 0 saturated heterocycles. The largest absolute Gasteiger partial charge is 0.433 e. The van der Waals surface area contributed by atoms with Gasteiger partial charge in [-0.15, -0.1) is 0 Å². The SMILES string of the molecule is NC(=O)OC1(C(=O)NC2CCc3ccccc3N(Cc3cc(C(F)(F)F)cc(C(F)(F)F)c3)C2=O)CC1. The zero-order valence-corrected chi connectivity index (χ0v) is 19.1. The van der Waals surface area contributed by atoms with Crippen LogP contribution in [0.3, 0.4) is 0 Å². The molecule has 1 atom stereocenters. The van der Waals surface area contributed by atoms with Crippen molar-refractivity contribution in [1.29, 1.82) is 0 Å². The van der Waals surface area contributed by atoms with E-state index in [1.54, 1.807) is 18.2 Å². The van der Waals surface area contributed by atoms with E-state index in [4.69, 9.17) is 10.5 Å². The zero-order valence-electron chi connectivity index (χ0n) is 19.1. The first-order chi connectivity index (χ1) is 17.2. The number of benzene rings is 2. The van der Waals surface area contributed by atoms with Crippen molar-refractivity contribution in [2.45, 2.75) is 56.2 Å². The number of nitrogens with two attached hydrogens (primary N) is 1. The molecule has 1 aliphatic carbocycles. The molecule has 1 unspecified atom stereocenters. The molecule has 0 spiro atoms. The molecule has 4 rings (SSSR count). The van der Waals surface area contributed by atoms with Crippen molar-refractivity contribution in [3.63, 3.8) is 0 Å². The Morgan fingerprint density at radius 1 is 1.03 bits per heavy atom. The molecule has 1 heterocycles. The van der Waals surface area contributed by atoms with Gasteiger partial charge in [0.1, 0.15) is 6.04 Å². The molecule has 37 heavy (non-hydrogen) atoms. The summed E-state index contributed by atoms with van der Waals surface area (Å²) >= 11 is 0. The lowest BCUT2D eigenvalue weighted by Crippen LogP contribution is -2.52. The highest BCUT2D eigenvalue weighted by atomic mass is 19.4. The number of ether oxygens (including phenoxy) is 1. The number of nitrogens with one attached hydrogen (secondary N) is 1. The van der Waals surface area contributed by atoms with Gasteiger partial charge in [-0.2, -0.15) is 26.3 Å². The van der Waals surface area contributed by atoms with E-state index in [1.165, 1.54) is 6.07 Å². The molecule has 3 amide bonds. The zero-order chi connectivity index (χ0) is 27.2. The van der Waals surface area contributed by atoms with Gasteiger partial charge in [0.05, 0.1) is 17.7 Å². The van der Waals surface area contributed by atoms with Crippen LogP contribution in [0.25, 0.3) is 0 Å². The summed E-state index contributed by atoms with van der Waals surface area (Å²) in [7, 11) is 0. The number of halogens is 6. The Kier molecular flexibility index (Phi) is 6.59. The number of hydrogen-bond donors (Lipinski definition) is 2. The summed E-state index contributed by atoms with van der Waals surface area (Å²) in [6.45, 7) is -0.613. The van der Waals surface area contributed by atoms with Crippen molar-refractivity contribution < 1.29 is 45.5 Å². The number of anilines is 1. The summed E-state index contributed by atoms with van der Waals surface area (Å²) in [6, 6.07) is 6.39. The molecule has 1 aliphatic heterocycles. The third-order valence-corrected chi connectivity index (χ3v) is 6.26. The number of amides is 3. The first-order valence-electron chi connectivity index (χ1n) is 11.2. The Morgan fingerprint density at radius 2 is 1.62 bits per heavy atom. The summed E-state index contributed by atoms with van der Waals surface area (Å²) in [6.07, 6.45) is -10.5. The molecule has 0 bridgehead atoms. The molecule has 0 radical (unpaired) electrons. The van der Waals surface area contributed by atoms with Gasteiger partial charge in [-0.1, -0.05) is 18.2 Å². The van der Waals surface area contributed by atoms with Crippen LogP contribution in [0.2, 0.25) is 0 Å². The fourth-order valence-electron chi connectivity index (χ4n) is 4.28. The van der Waals surface area contributed by atoms with Gasteiger partial charge in [0.25, 0.3) is 5.91 Å². The minimum Gasteiger partial charge on any atom is -0.433 e. The van der Waals surface area contributed by atoms with E-state index in [1.807, 2.05) is 0 Å². The van der Waals surface area contributed by atoms with Gasteiger partial charge < -0.3 is 20.7 Å². The quantitative estimate of drug-likeness (QED) is 0.564. The molecule has 1 fully saturated rings. The predicted octanol–water partition coefficient (Wildman–Crippen LogP) is 4.32. The molecule has 198 valence electrons. The van der Waals surface area contributed by atoms with Crippen LogP contribution in [-0.4, -0.2) is 29.6 Å². The van der Waals surface area contributed by atoms with Crippen LogP contribution >= 0.6 is 0 Å². The molecular weight excluding hydrogens is 508 g/mol. The van der Waals surface area contributed by atoms with Crippen LogP contribution in [0.1, 0.15) is 41.5 Å². The van der Waals surface area contributed by atoms with E-state index >= 15 is 0 Å². The lowest BCUT2D eigenvalue weighted by molar-refractivity contribution is -0.143. The lowest BCUT2D eigenvalue weighted by Gasteiger charge is -2.28. The summed E-state index contributed by atoms with van der Waals surface area (Å²) in [5.74, 6) is -1.49. The summed E-state index contributed by atoms with van der Waals surface area (Å²) in [4.78, 5) is 38.5. The van der Waals surface area contributed by atoms with Crippen LogP contribution < -0.4 is 16.0 Å². The van der Waals surface area contributed by atoms with E-state index in [0.29, 0.717) is 23.4 Å². The Hall–Kier alpha value is -3.77. The molecule has 2 aromatic carbocycles. The fraction of sp³-hybridized carbons (Fsp3) is 0.375. The fourth-order valence-corrected chi connectivity index (χ4v) is 4.28. The number of aryl methyl sites for hydroxylation is 1. The smallest absolute Gasteiger partial charge is 0.416 e. The maximum atomic E-state index is 13.5. The van der Waals surface area contributed by atoms with Crippen molar-refractivity contribution in [2.75, 3.05) is 4.90 Å². The first kappa shape index (κ1) is 26.3. The highest BCUT2D eigenvalue weighted by Crippen LogP contribution is 2.41. The summed E-state index contributed by atoms with van der Waals surface area (Å²) < 4.78 is 85.1. The number of para-hydroxylation sites is 1. The van der Waals surface area contributed by atoms with Crippen molar-refractivity contribution in [1.82, 2.24) is 5.32 Å². The Bertz CT molecular complexity index is 1210. The Balaban J connectivity index is 1.68. The molecule has 13 heteroatoms. The number of hydrogen-bond acceptors (Lipinski definition) is 4. The van der Waals surface area contributed by atoms with Gasteiger partial charge in [0.15, 0.2) is 5.60 Å². The van der Waals surface area contributed by atoms with Gasteiger partial charge in [-0.25, -0.2) is 4.79 Å². The lowest BCUT2D eigenvalue weighted by atomic mass is 10.0. The van der Waals surface area contributed by atoms with Gasteiger partial charge in [-0.05, 0) is 48.2 Å². The second kappa shape index (κ2) is 9.27. The van der Waals surface area contributed by atoms with Crippen molar-refractivity contribution in [2.24, 2.45) is 5.73 Å². The minimum absolute atomic E-state index is 0.0124. The number of alkyl halides is 6. The topological polar surface area (TPSA) is 102 Å². The third-order valence-electron chi connectivity index (χ3n) is 6.26. The van der Waals surface area contributed by atoms with E-state index in [0.717, 1.165) is 4.90 Å². The van der Waals surface area contributed by atoms with Crippen molar-refractivity contribution >= 4 is 23.6 Å². The monoisotopic (exact) mass is 529 g/mol. The standard InChI is InChI=1S/C24H21F6N3O4/c25-23(26,27)15-9-13(10-16(11-15)24(28,29)30)12-33-18-4-2-1-3-14(18)5-6-17(19(33)34)32-20(35)22(7-8-22)37-21(31)36/h1-4,9-11,17H,5-8,12H2,(H2,31,36)(H,32,35). The second-order valence-electron chi connectivity index (χ2n) is 8.95. The van der Waals surface area contributed by atoms with Crippen LogP contribution in [-0.2, 0) is 39.6 Å². The molecule has 2 aliphatic rings. The maximum absolute atomic E-state index is 13.5. The molecule has 7 nitrogen and oxygen atoms in total. The number of rotatable bonds is 5. The van der Waals surface area contributed by atoms with Crippen LogP contribution in [0.5, 0.6) is 0 Å². The summed E-state index contributed by atoms with van der Waals surface area (Å²) in [5, 5.41) is 2.52. The average molecular weight is 529 g/mol. The third kappa shape index (κ3) is 5.65. The van der Waals surface area contributed by atoms with Gasteiger partial charge in [-0.3, -0.25) is 9.59 Å². The Morgan fingerprint density at radius 3 is 2.16 bits per heavy atom. The molecule has 0 aromatic heterocycles. The van der Waals surface area contributed by atoms with Crippen LogP contribution in [0.4, 0.5) is 36.8 Å². The molecule has 1 saturated carbocycles. The van der Waals surface area contributed by atoms with Gasteiger partial charge >= 0.3 is 18.4 Å². The normalized spacial score (nSPS) is 19.0. The predicted molar refractivity (Wildman–Crippen MR) is 117 cm³/mol. The van der Waals surface area contributed by atoms with Gasteiger partial charge in [0, 0.05) is 18.5 Å². The molecule has 2 aromatic rings. The van der Waals surface area contributed by atoms with Crippen LogP contribution in [0.15, 0.2) is 42.5 Å². The number of carbonyl (C=O) groups excluding carboxylic acids is 3. The van der Waals surface area contributed by atoms with E-state index in [-0.39, 0.29) is 31.7 Å². The Labute approximate surface area is 206 Å². The molecule has 3 N–H and O–H groups in total. The first-order valence-corrected chi connectivity index (χ1v) is 11.2. The highest BCUT2D eigenvalue weighted by molar-refractivity contribution is 6.02. The number of fused-ring (bicyclic) bond motifs is 1. The number of carbonyl (C=O) groups is 3. The maximum Gasteiger partial charge on any atom is 0.416 e. The summed E-state index contributed by atoms with van der Waals surface area (Å²) in [5.41, 5.74) is 1.03.